The number of hydrogen-bond donors (Lipinski definition) is 7. The van der Waals surface area contributed by atoms with Gasteiger partial charge in [0.2, 0.25) is 0 Å². The molecule has 0 radical (unpaired) electrons. The van der Waals surface area contributed by atoms with Crippen molar-refractivity contribution in [2.45, 2.75) is 0 Å². The van der Waals surface area contributed by atoms with Crippen molar-refractivity contribution in [3.05, 3.63) is 18.5 Å². The van der Waals surface area contributed by atoms with Crippen LogP contribution in [0.3, 0.4) is 0 Å². The average molecular weight is 217 g/mol. The van der Waals surface area contributed by atoms with Crippen LogP contribution in [-0.2, 0) is 4.57 Å². The molecule has 1 rings (SSSR count). The minimum Gasteiger partial charge on any atom is -0.344 e. The van der Waals surface area contributed by atoms with Gasteiger partial charge < -0.3 is 33.1 Å². The lowest BCUT2D eigenvalue weighted by Crippen LogP contribution is -1.66. The van der Waals surface area contributed by atoms with Crippen LogP contribution in [0.5, 0.6) is 0 Å². The summed E-state index contributed by atoms with van der Waals surface area (Å²) in [5.41, 5.74) is 0. The topological polar surface area (TPSA) is 211 Å². The predicted octanol–water partition coefficient (Wildman–Crippen LogP) is -0.0329. The van der Waals surface area contributed by atoms with Gasteiger partial charge in [0.15, 0.2) is 0 Å². The normalized spacial score (nSPS) is 7.62. The van der Waals surface area contributed by atoms with E-state index in [4.69, 9.17) is 19.2 Å². The maximum atomic E-state index is 8.88. The van der Waals surface area contributed by atoms with Crippen molar-refractivity contribution >= 4 is 7.82 Å². The monoisotopic (exact) mass is 217 g/mol. The van der Waals surface area contributed by atoms with Crippen LogP contribution < -0.4 is 18.5 Å². The van der Waals surface area contributed by atoms with Crippen molar-refractivity contribution < 1.29 is 19.2 Å². The molecule has 1 aromatic rings. The van der Waals surface area contributed by atoms with Crippen LogP contribution >= 0.6 is 7.82 Å². The first-order valence-corrected chi connectivity index (χ1v) is 3.78. The fraction of sp³-hybridized carbons (Fsp3) is 0. The molecule has 0 spiro atoms. The third kappa shape index (κ3) is 53.7. The van der Waals surface area contributed by atoms with E-state index in [1.54, 1.807) is 12.4 Å². The molecule has 9 nitrogen and oxygen atoms in total. The second kappa shape index (κ2) is 11.2. The molecule has 0 amide bonds. The van der Waals surface area contributed by atoms with Crippen LogP contribution in [0, 0.1) is 0 Å². The summed E-state index contributed by atoms with van der Waals surface area (Å²) in [6.45, 7) is 0. The molecule has 0 saturated heterocycles. The van der Waals surface area contributed by atoms with E-state index in [1.807, 2.05) is 6.07 Å². The quantitative estimate of drug-likeness (QED) is 0.292. The number of nitrogens with zero attached hydrogens (tertiary/aromatic N) is 1. The first-order chi connectivity index (χ1) is 4.50. The maximum absolute atomic E-state index is 8.88. The SMILES string of the molecule is N.N.N.O=P(O)(O)O.c1cn[nH]c1. The summed E-state index contributed by atoms with van der Waals surface area (Å²) in [7, 11) is -4.64. The zero-order valence-electron chi connectivity index (χ0n) is 7.00. The van der Waals surface area contributed by atoms with Gasteiger partial charge in [0.1, 0.15) is 0 Å². The summed E-state index contributed by atoms with van der Waals surface area (Å²) < 4.78 is 8.88. The summed E-state index contributed by atoms with van der Waals surface area (Å²) in [5, 5.41) is 6.21. The van der Waals surface area contributed by atoms with E-state index in [-0.39, 0.29) is 18.5 Å². The molecule has 0 fully saturated rings. The Bertz CT molecular complexity index is 172. The molecule has 0 aliphatic heterocycles. The summed E-state index contributed by atoms with van der Waals surface area (Å²) >= 11 is 0. The van der Waals surface area contributed by atoms with Gasteiger partial charge >= 0.3 is 7.82 Å². The van der Waals surface area contributed by atoms with Crippen molar-refractivity contribution in [1.29, 1.82) is 0 Å². The van der Waals surface area contributed by atoms with E-state index in [1.165, 1.54) is 0 Å². The highest BCUT2D eigenvalue weighted by Crippen LogP contribution is 2.25. The highest BCUT2D eigenvalue weighted by Gasteiger charge is 2.00. The minimum absolute atomic E-state index is 0. The Morgan fingerprint density at radius 1 is 1.15 bits per heavy atom. The van der Waals surface area contributed by atoms with Gasteiger partial charge in [-0.3, -0.25) is 5.10 Å². The number of phosphoric acid groups is 1. The Morgan fingerprint density at radius 2 is 1.54 bits per heavy atom. The van der Waals surface area contributed by atoms with Crippen molar-refractivity contribution in [2.75, 3.05) is 0 Å². The van der Waals surface area contributed by atoms with Crippen molar-refractivity contribution in [3.63, 3.8) is 0 Å². The van der Waals surface area contributed by atoms with E-state index < -0.39 is 7.82 Å². The van der Waals surface area contributed by atoms with Crippen LogP contribution in [0.25, 0.3) is 0 Å². The van der Waals surface area contributed by atoms with E-state index in [9.17, 15) is 0 Å². The number of hydrogen-bond acceptors (Lipinski definition) is 5. The number of aromatic nitrogens is 2. The summed E-state index contributed by atoms with van der Waals surface area (Å²) in [6.07, 6.45) is 3.46. The Balaban J connectivity index is -0.0000000506. The number of H-pyrrole nitrogens is 1. The van der Waals surface area contributed by atoms with Gasteiger partial charge in [0.25, 0.3) is 0 Å². The summed E-state index contributed by atoms with van der Waals surface area (Å²) in [5.74, 6) is 0. The predicted molar refractivity (Wildman–Crippen MR) is 47.9 cm³/mol. The van der Waals surface area contributed by atoms with Crippen LogP contribution in [-0.4, -0.2) is 24.9 Å². The van der Waals surface area contributed by atoms with Crippen LogP contribution in [0.2, 0.25) is 0 Å². The molecule has 10 heteroatoms. The Kier molecular flexibility index (Phi) is 19.6. The van der Waals surface area contributed by atoms with E-state index in [2.05, 4.69) is 10.2 Å². The minimum atomic E-state index is -4.64. The molecule has 1 aromatic heterocycles. The lowest BCUT2D eigenvalue weighted by atomic mass is 10.8. The van der Waals surface area contributed by atoms with Crippen LogP contribution in [0.4, 0.5) is 0 Å². The number of nitrogens with one attached hydrogen (secondary N) is 1. The molecule has 0 bridgehead atoms. The first kappa shape index (κ1) is 22.8. The van der Waals surface area contributed by atoms with Gasteiger partial charge in [-0.15, -0.1) is 0 Å². The molecule has 0 unspecified atom stereocenters. The molecule has 0 atom stereocenters. The van der Waals surface area contributed by atoms with Gasteiger partial charge in [-0.1, -0.05) is 0 Å². The molecule has 82 valence electrons. The van der Waals surface area contributed by atoms with Crippen LogP contribution in [0.15, 0.2) is 18.5 Å². The molecule has 0 aromatic carbocycles. The molecule has 0 aliphatic rings. The smallest absolute Gasteiger partial charge is 0.344 e. The number of aromatic amines is 1. The Labute approximate surface area is 75.2 Å². The fourth-order valence-corrected chi connectivity index (χ4v) is 0.215. The van der Waals surface area contributed by atoms with Gasteiger partial charge in [-0.25, -0.2) is 4.57 Å². The second-order valence-electron chi connectivity index (χ2n) is 1.28. The second-order valence-corrected chi connectivity index (χ2v) is 2.31. The molecule has 0 saturated carbocycles. The summed E-state index contributed by atoms with van der Waals surface area (Å²) in [6, 6.07) is 1.83. The van der Waals surface area contributed by atoms with Gasteiger partial charge in [0, 0.05) is 12.4 Å². The molecule has 1 heterocycles. The molecular formula is C3H16N5O4P. The summed E-state index contributed by atoms with van der Waals surface area (Å²) in [4.78, 5) is 21.6. The third-order valence-electron chi connectivity index (χ3n) is 0.406. The number of rotatable bonds is 0. The third-order valence-corrected chi connectivity index (χ3v) is 0.406. The molecule has 13 heavy (non-hydrogen) atoms. The van der Waals surface area contributed by atoms with Crippen molar-refractivity contribution in [2.24, 2.45) is 0 Å². The molecule has 0 aliphatic carbocycles. The fourth-order valence-electron chi connectivity index (χ4n) is 0.215. The van der Waals surface area contributed by atoms with E-state index in [0.717, 1.165) is 0 Å². The van der Waals surface area contributed by atoms with Crippen LogP contribution in [0.1, 0.15) is 0 Å². The zero-order valence-corrected chi connectivity index (χ0v) is 7.89. The lowest BCUT2D eigenvalue weighted by molar-refractivity contribution is 0.275. The highest BCUT2D eigenvalue weighted by molar-refractivity contribution is 7.45. The van der Waals surface area contributed by atoms with E-state index in [0.29, 0.717) is 0 Å². The maximum Gasteiger partial charge on any atom is 0.466 e. The first-order valence-electron chi connectivity index (χ1n) is 2.22. The molecular weight excluding hydrogens is 201 g/mol. The van der Waals surface area contributed by atoms with Gasteiger partial charge in [-0.05, 0) is 6.07 Å². The standard InChI is InChI=1S/C3H4N2.3H3N.H3O4P/c1-2-4-5-3-1;;;;1-5(2,3)4/h1-3H,(H,4,5);3*1H3;(H3,1,2,3,4). The molecule has 13 N–H and O–H groups in total. The van der Waals surface area contributed by atoms with E-state index >= 15 is 0 Å². The lowest BCUT2D eigenvalue weighted by Gasteiger charge is -1.82. The Morgan fingerprint density at radius 3 is 1.62 bits per heavy atom. The van der Waals surface area contributed by atoms with Gasteiger partial charge in [-0.2, -0.15) is 5.10 Å². The largest absolute Gasteiger partial charge is 0.466 e. The van der Waals surface area contributed by atoms with Crippen molar-refractivity contribution in [3.8, 4) is 0 Å². The van der Waals surface area contributed by atoms with Gasteiger partial charge in [0.05, 0.1) is 0 Å². The highest BCUT2D eigenvalue weighted by atomic mass is 31.2. The zero-order chi connectivity index (χ0) is 8.04. The average Bonchev–Trinajstić information content (AvgIpc) is 2.07. The van der Waals surface area contributed by atoms with Crippen molar-refractivity contribution in [1.82, 2.24) is 28.6 Å². The Hall–Kier alpha value is -0.800.